The van der Waals surface area contributed by atoms with Crippen molar-refractivity contribution in [2.45, 2.75) is 19.1 Å². The summed E-state index contributed by atoms with van der Waals surface area (Å²) in [6.45, 7) is 3.67. The predicted molar refractivity (Wildman–Crippen MR) is 72.4 cm³/mol. The van der Waals surface area contributed by atoms with Crippen molar-refractivity contribution in [1.82, 2.24) is 0 Å². The topological polar surface area (TPSA) is 89.3 Å². The van der Waals surface area contributed by atoms with Crippen LogP contribution in [0.1, 0.15) is 24.2 Å². The lowest BCUT2D eigenvalue weighted by Gasteiger charge is -2.09. The third kappa shape index (κ3) is 4.03. The molecule has 1 aromatic carbocycles. The molecule has 0 aliphatic rings. The number of nitrogens with one attached hydrogen (secondary N) is 1. The number of hydrogen-bond acceptors (Lipinski definition) is 4. The van der Waals surface area contributed by atoms with Gasteiger partial charge in [0.05, 0.1) is 11.0 Å². The molecule has 0 atom stereocenters. The molecule has 1 amide bonds. The molecule has 100 valence electrons. The largest absolute Gasteiger partial charge is 0.384 e. The van der Waals surface area contributed by atoms with Crippen LogP contribution < -0.4 is 11.1 Å². The SMILES string of the molecule is CC(C)S(=O)(=O)CCNc1ccc(C(N)=O)cc1. The minimum Gasteiger partial charge on any atom is -0.384 e. The summed E-state index contributed by atoms with van der Waals surface area (Å²) in [5, 5.41) is 2.63. The summed E-state index contributed by atoms with van der Waals surface area (Å²) in [6, 6.07) is 6.59. The van der Waals surface area contributed by atoms with Gasteiger partial charge in [0.25, 0.3) is 0 Å². The molecule has 0 unspecified atom stereocenters. The molecule has 0 aromatic heterocycles. The maximum Gasteiger partial charge on any atom is 0.248 e. The molecule has 0 radical (unpaired) electrons. The molecule has 1 aromatic rings. The number of benzene rings is 1. The van der Waals surface area contributed by atoms with Gasteiger partial charge >= 0.3 is 0 Å². The van der Waals surface area contributed by atoms with Crippen molar-refractivity contribution in [3.8, 4) is 0 Å². The second-order valence-corrected chi connectivity index (χ2v) is 6.96. The molecule has 0 fully saturated rings. The Hall–Kier alpha value is -1.56. The van der Waals surface area contributed by atoms with Gasteiger partial charge < -0.3 is 11.1 Å². The lowest BCUT2D eigenvalue weighted by molar-refractivity contribution is 0.100. The molecule has 0 bridgehead atoms. The van der Waals surface area contributed by atoms with Crippen LogP contribution in [0, 0.1) is 0 Å². The number of primary amides is 1. The van der Waals surface area contributed by atoms with Gasteiger partial charge in [-0.2, -0.15) is 0 Å². The van der Waals surface area contributed by atoms with Crippen LogP contribution in [0.5, 0.6) is 0 Å². The molecule has 0 aliphatic heterocycles. The highest BCUT2D eigenvalue weighted by Crippen LogP contribution is 2.09. The van der Waals surface area contributed by atoms with E-state index in [1.54, 1.807) is 38.1 Å². The Balaban J connectivity index is 2.52. The lowest BCUT2D eigenvalue weighted by Crippen LogP contribution is -2.22. The third-order valence-corrected chi connectivity index (χ3v) is 4.81. The fourth-order valence-electron chi connectivity index (χ4n) is 1.33. The second kappa shape index (κ2) is 5.86. The zero-order valence-electron chi connectivity index (χ0n) is 10.5. The molecule has 0 saturated carbocycles. The fraction of sp³-hybridized carbons (Fsp3) is 0.417. The molecule has 3 N–H and O–H groups in total. The molecule has 18 heavy (non-hydrogen) atoms. The number of anilines is 1. The van der Waals surface area contributed by atoms with Crippen LogP contribution in [-0.2, 0) is 9.84 Å². The average Bonchev–Trinajstić information content (AvgIpc) is 2.29. The van der Waals surface area contributed by atoms with E-state index in [4.69, 9.17) is 5.73 Å². The standard InChI is InChI=1S/C12H18N2O3S/c1-9(2)18(16,17)8-7-14-11-5-3-10(4-6-11)12(13)15/h3-6,9,14H,7-8H2,1-2H3,(H2,13,15). The molecular weight excluding hydrogens is 252 g/mol. The molecule has 0 aliphatic carbocycles. The number of hydrogen-bond donors (Lipinski definition) is 2. The molecule has 5 nitrogen and oxygen atoms in total. The van der Waals surface area contributed by atoms with Gasteiger partial charge in [0.1, 0.15) is 0 Å². The highest BCUT2D eigenvalue weighted by Gasteiger charge is 2.14. The maximum atomic E-state index is 11.6. The first kappa shape index (κ1) is 14.5. The van der Waals surface area contributed by atoms with Crippen LogP contribution in [-0.4, -0.2) is 31.9 Å². The van der Waals surface area contributed by atoms with Gasteiger partial charge in [-0.15, -0.1) is 0 Å². The van der Waals surface area contributed by atoms with Gasteiger partial charge in [-0.3, -0.25) is 4.79 Å². The predicted octanol–water partition coefficient (Wildman–Crippen LogP) is 1.02. The van der Waals surface area contributed by atoms with Crippen molar-refractivity contribution < 1.29 is 13.2 Å². The fourth-order valence-corrected chi connectivity index (χ4v) is 2.18. The van der Waals surface area contributed by atoms with E-state index in [1.807, 2.05) is 0 Å². The van der Waals surface area contributed by atoms with E-state index in [9.17, 15) is 13.2 Å². The molecular formula is C12H18N2O3S. The Morgan fingerprint density at radius 2 is 1.83 bits per heavy atom. The van der Waals surface area contributed by atoms with E-state index in [-0.39, 0.29) is 11.0 Å². The molecule has 0 saturated heterocycles. The van der Waals surface area contributed by atoms with E-state index in [2.05, 4.69) is 5.32 Å². The first-order valence-corrected chi connectivity index (χ1v) is 7.40. The Labute approximate surface area is 107 Å². The zero-order chi connectivity index (χ0) is 13.8. The smallest absolute Gasteiger partial charge is 0.248 e. The van der Waals surface area contributed by atoms with Crippen LogP contribution in [0.15, 0.2) is 24.3 Å². The minimum atomic E-state index is -3.03. The van der Waals surface area contributed by atoms with Crippen molar-refractivity contribution in [2.75, 3.05) is 17.6 Å². The quantitative estimate of drug-likeness (QED) is 0.807. The van der Waals surface area contributed by atoms with Gasteiger partial charge in [0, 0.05) is 17.8 Å². The first-order chi connectivity index (χ1) is 8.33. The number of nitrogens with two attached hydrogens (primary N) is 1. The van der Waals surface area contributed by atoms with E-state index in [1.165, 1.54) is 0 Å². The summed E-state index contributed by atoms with van der Waals surface area (Å²) >= 11 is 0. The minimum absolute atomic E-state index is 0.0856. The van der Waals surface area contributed by atoms with Crippen LogP contribution >= 0.6 is 0 Å². The van der Waals surface area contributed by atoms with E-state index < -0.39 is 15.7 Å². The second-order valence-electron chi connectivity index (χ2n) is 4.28. The van der Waals surface area contributed by atoms with Crippen LogP contribution in [0.3, 0.4) is 0 Å². The van der Waals surface area contributed by atoms with Crippen molar-refractivity contribution in [2.24, 2.45) is 5.73 Å². The Morgan fingerprint density at radius 1 is 1.28 bits per heavy atom. The summed E-state index contributed by atoms with van der Waals surface area (Å²) in [5.74, 6) is -0.397. The van der Waals surface area contributed by atoms with Crippen molar-refractivity contribution in [3.63, 3.8) is 0 Å². The van der Waals surface area contributed by atoms with Crippen LogP contribution in [0.2, 0.25) is 0 Å². The highest BCUT2D eigenvalue weighted by atomic mass is 32.2. The van der Waals surface area contributed by atoms with E-state index in [0.29, 0.717) is 12.1 Å². The molecule has 1 rings (SSSR count). The van der Waals surface area contributed by atoms with E-state index >= 15 is 0 Å². The monoisotopic (exact) mass is 270 g/mol. The van der Waals surface area contributed by atoms with Crippen LogP contribution in [0.4, 0.5) is 5.69 Å². The molecule has 0 spiro atoms. The summed E-state index contributed by atoms with van der Waals surface area (Å²) < 4.78 is 23.1. The number of amides is 1. The van der Waals surface area contributed by atoms with Gasteiger partial charge in [0.2, 0.25) is 5.91 Å². The zero-order valence-corrected chi connectivity index (χ0v) is 11.3. The molecule has 0 heterocycles. The number of sulfone groups is 1. The number of carbonyl (C=O) groups is 1. The van der Waals surface area contributed by atoms with Gasteiger partial charge in [-0.1, -0.05) is 0 Å². The lowest BCUT2D eigenvalue weighted by atomic mass is 10.2. The van der Waals surface area contributed by atoms with Crippen molar-refractivity contribution >= 4 is 21.4 Å². The summed E-state index contributed by atoms with van der Waals surface area (Å²) in [7, 11) is -3.03. The van der Waals surface area contributed by atoms with E-state index in [0.717, 1.165) is 5.69 Å². The normalized spacial score (nSPS) is 11.5. The first-order valence-electron chi connectivity index (χ1n) is 5.68. The third-order valence-electron chi connectivity index (χ3n) is 2.60. The van der Waals surface area contributed by atoms with Crippen molar-refractivity contribution in [3.05, 3.63) is 29.8 Å². The van der Waals surface area contributed by atoms with Gasteiger partial charge in [-0.05, 0) is 38.1 Å². The maximum absolute atomic E-state index is 11.6. The van der Waals surface area contributed by atoms with Gasteiger partial charge in [-0.25, -0.2) is 8.42 Å². The average molecular weight is 270 g/mol. The summed E-state index contributed by atoms with van der Waals surface area (Å²) in [4.78, 5) is 10.9. The number of carbonyl (C=O) groups excluding carboxylic acids is 1. The summed E-state index contributed by atoms with van der Waals surface area (Å²) in [6.07, 6.45) is 0. The summed E-state index contributed by atoms with van der Waals surface area (Å²) in [5.41, 5.74) is 6.30. The Morgan fingerprint density at radius 3 is 2.28 bits per heavy atom. The Bertz CT molecular complexity index is 507. The van der Waals surface area contributed by atoms with Crippen molar-refractivity contribution in [1.29, 1.82) is 0 Å². The highest BCUT2D eigenvalue weighted by molar-refractivity contribution is 7.92. The molecule has 6 heteroatoms. The van der Waals surface area contributed by atoms with Gasteiger partial charge in [0.15, 0.2) is 9.84 Å². The Kier molecular flexibility index (Phi) is 4.72. The number of rotatable bonds is 6. The van der Waals surface area contributed by atoms with Crippen LogP contribution in [0.25, 0.3) is 0 Å².